The fraction of sp³-hybridized carbons (Fsp3) is 0.235. The number of nitrogens with zero attached hydrogens (tertiary/aromatic N) is 4. The molecule has 0 saturated heterocycles. The molecule has 1 aromatic carbocycles. The molecule has 7 heteroatoms. The highest BCUT2D eigenvalue weighted by Gasteiger charge is 2.16. The molecule has 0 radical (unpaired) electrons. The second-order valence-electron chi connectivity index (χ2n) is 5.14. The van der Waals surface area contributed by atoms with Crippen LogP contribution in [-0.2, 0) is 0 Å². The molecule has 2 heterocycles. The zero-order valence-corrected chi connectivity index (χ0v) is 15.1. The number of hydrogen-bond acceptors (Lipinski definition) is 6. The molecule has 0 fully saturated rings. The van der Waals surface area contributed by atoms with E-state index in [0.717, 1.165) is 28.5 Å². The number of ether oxygens (including phenoxy) is 1. The molecule has 0 unspecified atom stereocenters. The van der Waals surface area contributed by atoms with Crippen molar-refractivity contribution in [2.24, 2.45) is 0 Å². The third-order valence-corrected chi connectivity index (χ3v) is 4.47. The number of aromatic nitrogens is 3. The minimum Gasteiger partial charge on any atom is -0.435 e. The summed E-state index contributed by atoms with van der Waals surface area (Å²) >= 11 is 3.53. The van der Waals surface area contributed by atoms with E-state index in [2.05, 4.69) is 49.6 Å². The lowest BCUT2D eigenvalue weighted by molar-refractivity contribution is 0.468. The van der Waals surface area contributed by atoms with Crippen molar-refractivity contribution < 1.29 is 4.74 Å². The lowest BCUT2D eigenvalue weighted by Gasteiger charge is -2.21. The average molecular weight is 388 g/mol. The maximum atomic E-state index is 6.24. The summed E-state index contributed by atoms with van der Waals surface area (Å²) in [6.07, 6.45) is 3.19. The summed E-state index contributed by atoms with van der Waals surface area (Å²) in [5.41, 5.74) is 7.40. The smallest absolute Gasteiger partial charge is 0.248 e. The summed E-state index contributed by atoms with van der Waals surface area (Å²) in [6.45, 7) is 5.72. The SMILES string of the molecule is CCN(CC)c1ncnc(Oc2ccc(Br)c3cccnc23)c1N. The van der Waals surface area contributed by atoms with Gasteiger partial charge in [0.05, 0.1) is 0 Å². The van der Waals surface area contributed by atoms with Crippen molar-refractivity contribution in [2.45, 2.75) is 13.8 Å². The highest BCUT2D eigenvalue weighted by molar-refractivity contribution is 9.10. The molecule has 2 aromatic heterocycles. The Kier molecular flexibility index (Phi) is 4.80. The summed E-state index contributed by atoms with van der Waals surface area (Å²) in [5.74, 6) is 1.62. The van der Waals surface area contributed by atoms with Gasteiger partial charge in [0.1, 0.15) is 17.5 Å². The van der Waals surface area contributed by atoms with E-state index in [4.69, 9.17) is 10.5 Å². The van der Waals surface area contributed by atoms with Gasteiger partial charge in [-0.1, -0.05) is 22.0 Å². The minimum atomic E-state index is 0.334. The lowest BCUT2D eigenvalue weighted by Crippen LogP contribution is -2.24. The Hall–Kier alpha value is -2.41. The molecule has 24 heavy (non-hydrogen) atoms. The van der Waals surface area contributed by atoms with Crippen LogP contribution in [0.3, 0.4) is 0 Å². The van der Waals surface area contributed by atoms with Gasteiger partial charge in [0.15, 0.2) is 11.6 Å². The first kappa shape index (κ1) is 16.4. The van der Waals surface area contributed by atoms with Gasteiger partial charge in [0.2, 0.25) is 5.88 Å². The number of fused-ring (bicyclic) bond motifs is 1. The maximum absolute atomic E-state index is 6.24. The Morgan fingerprint density at radius 2 is 1.92 bits per heavy atom. The van der Waals surface area contributed by atoms with Gasteiger partial charge >= 0.3 is 0 Å². The summed E-state index contributed by atoms with van der Waals surface area (Å²) in [4.78, 5) is 14.9. The van der Waals surface area contributed by atoms with Gasteiger partial charge in [-0.25, -0.2) is 4.98 Å². The van der Waals surface area contributed by atoms with Gasteiger partial charge in [-0.3, -0.25) is 4.98 Å². The molecule has 0 bridgehead atoms. The van der Waals surface area contributed by atoms with Crippen molar-refractivity contribution in [1.82, 2.24) is 15.0 Å². The largest absolute Gasteiger partial charge is 0.435 e. The normalized spacial score (nSPS) is 10.8. The van der Waals surface area contributed by atoms with Crippen molar-refractivity contribution in [3.63, 3.8) is 0 Å². The predicted molar refractivity (Wildman–Crippen MR) is 99.5 cm³/mol. The fourth-order valence-corrected chi connectivity index (χ4v) is 2.98. The fourth-order valence-electron chi connectivity index (χ4n) is 2.53. The van der Waals surface area contributed by atoms with Crippen LogP contribution in [0.5, 0.6) is 11.6 Å². The minimum absolute atomic E-state index is 0.334. The topological polar surface area (TPSA) is 77.2 Å². The molecule has 0 atom stereocenters. The van der Waals surface area contributed by atoms with E-state index in [1.807, 2.05) is 24.3 Å². The van der Waals surface area contributed by atoms with E-state index in [1.54, 1.807) is 6.20 Å². The Bertz CT molecular complexity index is 867. The van der Waals surface area contributed by atoms with Crippen LogP contribution in [-0.4, -0.2) is 28.0 Å². The Balaban J connectivity index is 2.04. The maximum Gasteiger partial charge on any atom is 0.248 e. The van der Waals surface area contributed by atoms with Crippen molar-refractivity contribution in [1.29, 1.82) is 0 Å². The number of anilines is 2. The molecule has 0 aliphatic carbocycles. The van der Waals surface area contributed by atoms with Crippen molar-refractivity contribution >= 4 is 38.3 Å². The summed E-state index contributed by atoms with van der Waals surface area (Å²) < 4.78 is 6.93. The molecule has 0 saturated carbocycles. The molecule has 124 valence electrons. The second-order valence-corrected chi connectivity index (χ2v) is 5.99. The Labute approximate surface area is 148 Å². The Morgan fingerprint density at radius 3 is 2.67 bits per heavy atom. The quantitative estimate of drug-likeness (QED) is 0.712. The van der Waals surface area contributed by atoms with E-state index in [0.29, 0.717) is 23.1 Å². The second kappa shape index (κ2) is 7.00. The highest BCUT2D eigenvalue weighted by Crippen LogP contribution is 2.36. The molecule has 6 nitrogen and oxygen atoms in total. The van der Waals surface area contributed by atoms with E-state index in [-0.39, 0.29) is 0 Å². The van der Waals surface area contributed by atoms with Gasteiger partial charge in [0.25, 0.3) is 0 Å². The summed E-state index contributed by atoms with van der Waals surface area (Å²) in [6, 6.07) is 7.62. The summed E-state index contributed by atoms with van der Waals surface area (Å²) in [7, 11) is 0. The van der Waals surface area contributed by atoms with Gasteiger partial charge < -0.3 is 15.4 Å². The number of nitrogens with two attached hydrogens (primary N) is 1. The van der Waals surface area contributed by atoms with Gasteiger partial charge in [0, 0.05) is 29.1 Å². The van der Waals surface area contributed by atoms with E-state index in [1.165, 1.54) is 6.33 Å². The molecular formula is C17H18BrN5O. The molecule has 2 N–H and O–H groups in total. The monoisotopic (exact) mass is 387 g/mol. The molecule has 0 amide bonds. The average Bonchev–Trinajstić information content (AvgIpc) is 2.61. The first-order chi connectivity index (χ1) is 11.7. The lowest BCUT2D eigenvalue weighted by atomic mass is 10.2. The third kappa shape index (κ3) is 2.99. The first-order valence-electron chi connectivity index (χ1n) is 7.72. The number of pyridine rings is 1. The van der Waals surface area contributed by atoms with E-state index < -0.39 is 0 Å². The summed E-state index contributed by atoms with van der Waals surface area (Å²) in [5, 5.41) is 0.964. The van der Waals surface area contributed by atoms with Gasteiger partial charge in [-0.05, 0) is 32.0 Å². The van der Waals surface area contributed by atoms with Crippen LogP contribution in [0.15, 0.2) is 41.3 Å². The molecule has 0 aliphatic rings. The van der Waals surface area contributed by atoms with E-state index >= 15 is 0 Å². The number of benzene rings is 1. The van der Waals surface area contributed by atoms with E-state index in [9.17, 15) is 0 Å². The predicted octanol–water partition coefficient (Wildman–Crippen LogP) is 4.01. The van der Waals surface area contributed by atoms with Crippen LogP contribution in [0.25, 0.3) is 10.9 Å². The molecule has 3 aromatic rings. The highest BCUT2D eigenvalue weighted by atomic mass is 79.9. The number of hydrogen-bond donors (Lipinski definition) is 1. The molecular weight excluding hydrogens is 370 g/mol. The van der Waals surface area contributed by atoms with Crippen molar-refractivity contribution in [2.75, 3.05) is 23.7 Å². The van der Waals surface area contributed by atoms with Gasteiger partial charge in [-0.15, -0.1) is 0 Å². The van der Waals surface area contributed by atoms with Crippen LogP contribution < -0.4 is 15.4 Å². The third-order valence-electron chi connectivity index (χ3n) is 3.78. The van der Waals surface area contributed by atoms with Crippen LogP contribution in [0, 0.1) is 0 Å². The molecule has 3 rings (SSSR count). The van der Waals surface area contributed by atoms with Crippen LogP contribution in [0.2, 0.25) is 0 Å². The molecule has 0 aliphatic heterocycles. The van der Waals surface area contributed by atoms with Crippen molar-refractivity contribution in [3.05, 3.63) is 41.3 Å². The first-order valence-corrected chi connectivity index (χ1v) is 8.51. The molecule has 0 spiro atoms. The van der Waals surface area contributed by atoms with Crippen LogP contribution in [0.1, 0.15) is 13.8 Å². The number of rotatable bonds is 5. The van der Waals surface area contributed by atoms with Gasteiger partial charge in [-0.2, -0.15) is 4.98 Å². The van der Waals surface area contributed by atoms with Crippen molar-refractivity contribution in [3.8, 4) is 11.6 Å². The number of halogens is 1. The standard InChI is InChI=1S/C17H18BrN5O/c1-3-23(4-2)16-14(19)17(22-10-21-16)24-13-8-7-12(18)11-6-5-9-20-15(11)13/h5-10H,3-4,19H2,1-2H3. The Morgan fingerprint density at radius 1 is 1.12 bits per heavy atom. The number of nitrogen functional groups attached to an aromatic ring is 1. The van der Waals surface area contributed by atoms with Crippen LogP contribution in [0.4, 0.5) is 11.5 Å². The zero-order valence-electron chi connectivity index (χ0n) is 13.5. The van der Waals surface area contributed by atoms with Crippen LogP contribution >= 0.6 is 15.9 Å². The zero-order chi connectivity index (χ0) is 17.1.